The highest BCUT2D eigenvalue weighted by atomic mass is 16.5. The third-order valence-corrected chi connectivity index (χ3v) is 4.20. The highest BCUT2D eigenvalue weighted by Crippen LogP contribution is 2.24. The molecule has 3 amide bonds. The van der Waals surface area contributed by atoms with E-state index < -0.39 is 24.0 Å². The van der Waals surface area contributed by atoms with Crippen LogP contribution in [0.2, 0.25) is 0 Å². The van der Waals surface area contributed by atoms with Gasteiger partial charge in [-0.15, -0.1) is 0 Å². The number of hydrogen-bond acceptors (Lipinski definition) is 5. The zero-order valence-electron chi connectivity index (χ0n) is 16.1. The summed E-state index contributed by atoms with van der Waals surface area (Å²) in [5.41, 5.74) is 2.07. The Morgan fingerprint density at radius 2 is 1.72 bits per heavy atom. The summed E-state index contributed by atoms with van der Waals surface area (Å²) in [5.74, 6) is -1.41. The molecule has 1 atom stereocenters. The van der Waals surface area contributed by atoms with Crippen LogP contribution in [0.4, 0.5) is 4.79 Å². The lowest BCUT2D eigenvalue weighted by atomic mass is 10.1. The van der Waals surface area contributed by atoms with Crippen LogP contribution in [0.3, 0.4) is 0 Å². The third kappa shape index (κ3) is 4.76. The van der Waals surface area contributed by atoms with E-state index in [-0.39, 0.29) is 0 Å². The number of carbonyl (C=O) groups excluding carboxylic acids is 3. The predicted octanol–water partition coefficient (Wildman–Crippen LogP) is 3.29. The molecule has 0 spiro atoms. The number of nitrogens with one attached hydrogen (secondary N) is 2. The Kier molecular flexibility index (Phi) is 6.19. The van der Waals surface area contributed by atoms with Crippen molar-refractivity contribution in [1.29, 1.82) is 0 Å². The van der Waals surface area contributed by atoms with Gasteiger partial charge in [0.25, 0.3) is 5.91 Å². The van der Waals surface area contributed by atoms with E-state index in [0.29, 0.717) is 34.3 Å². The van der Waals surface area contributed by atoms with Crippen LogP contribution in [0.5, 0.6) is 0 Å². The second-order valence-corrected chi connectivity index (χ2v) is 6.37. The molecule has 3 rings (SSSR count). The summed E-state index contributed by atoms with van der Waals surface area (Å²) in [7, 11) is 0. The Morgan fingerprint density at radius 3 is 2.45 bits per heavy atom. The molecule has 0 unspecified atom stereocenters. The van der Waals surface area contributed by atoms with Crippen molar-refractivity contribution in [2.75, 3.05) is 6.54 Å². The molecular formula is C22H21N3O4. The zero-order chi connectivity index (χ0) is 20.8. The van der Waals surface area contributed by atoms with Gasteiger partial charge in [0.2, 0.25) is 6.10 Å². The lowest BCUT2D eigenvalue weighted by Gasteiger charge is -2.18. The van der Waals surface area contributed by atoms with Crippen molar-refractivity contribution < 1.29 is 19.1 Å². The quantitative estimate of drug-likeness (QED) is 0.651. The number of urea groups is 1. The summed E-state index contributed by atoms with van der Waals surface area (Å²) in [6, 6.07) is 16.7. The summed E-state index contributed by atoms with van der Waals surface area (Å²) in [6.07, 6.45) is -1.28. The normalized spacial score (nSPS) is 11.5. The van der Waals surface area contributed by atoms with E-state index in [2.05, 4.69) is 15.6 Å². The predicted molar refractivity (Wildman–Crippen MR) is 108 cm³/mol. The van der Waals surface area contributed by atoms with Crippen molar-refractivity contribution in [3.63, 3.8) is 0 Å². The third-order valence-electron chi connectivity index (χ3n) is 4.20. The van der Waals surface area contributed by atoms with Crippen molar-refractivity contribution in [3.8, 4) is 0 Å². The number of rotatable bonds is 5. The number of hydrogen-bond donors (Lipinski definition) is 2. The molecule has 0 bridgehead atoms. The van der Waals surface area contributed by atoms with E-state index in [4.69, 9.17) is 4.74 Å². The SMILES string of the molecule is CCNC(=O)NC(=O)[C@H](OC(=O)c1cc(C)nc2ccccc12)c1ccccc1. The van der Waals surface area contributed by atoms with E-state index in [1.807, 2.05) is 6.07 Å². The van der Waals surface area contributed by atoms with Gasteiger partial charge in [-0.2, -0.15) is 0 Å². The Balaban J connectivity index is 1.93. The number of esters is 1. The van der Waals surface area contributed by atoms with Crippen LogP contribution in [0, 0.1) is 6.92 Å². The number of para-hydroxylation sites is 1. The molecule has 1 heterocycles. The first-order valence-corrected chi connectivity index (χ1v) is 9.20. The van der Waals surface area contributed by atoms with Crippen molar-refractivity contribution >= 4 is 28.8 Å². The fraction of sp³-hybridized carbons (Fsp3) is 0.182. The molecular weight excluding hydrogens is 370 g/mol. The molecule has 29 heavy (non-hydrogen) atoms. The largest absolute Gasteiger partial charge is 0.444 e. The Bertz CT molecular complexity index is 1050. The molecule has 0 aliphatic heterocycles. The van der Waals surface area contributed by atoms with Crippen LogP contribution in [0.15, 0.2) is 60.7 Å². The zero-order valence-corrected chi connectivity index (χ0v) is 16.1. The number of nitrogens with zero attached hydrogens (tertiary/aromatic N) is 1. The number of amides is 3. The standard InChI is InChI=1S/C22H21N3O4/c1-3-23-22(28)25-20(26)19(15-9-5-4-6-10-15)29-21(27)17-13-14(2)24-18-12-8-7-11-16(17)18/h4-13,19H,3H2,1-2H3,(H2,23,25,26,28)/t19-/m1/s1. The van der Waals surface area contributed by atoms with Crippen LogP contribution >= 0.6 is 0 Å². The number of fused-ring (bicyclic) bond motifs is 1. The summed E-state index contributed by atoms with van der Waals surface area (Å²) in [6.45, 7) is 3.87. The lowest BCUT2D eigenvalue weighted by Crippen LogP contribution is -2.42. The van der Waals surface area contributed by atoms with Crippen LogP contribution in [0.1, 0.15) is 34.6 Å². The first-order chi connectivity index (χ1) is 14.0. The van der Waals surface area contributed by atoms with Crippen LogP contribution in [0.25, 0.3) is 10.9 Å². The minimum Gasteiger partial charge on any atom is -0.444 e. The van der Waals surface area contributed by atoms with Crippen molar-refractivity contribution in [2.24, 2.45) is 0 Å². The highest BCUT2D eigenvalue weighted by molar-refractivity contribution is 6.05. The summed E-state index contributed by atoms with van der Waals surface area (Å²) in [5, 5.41) is 5.31. The minimum absolute atomic E-state index is 0.305. The summed E-state index contributed by atoms with van der Waals surface area (Å²) < 4.78 is 5.57. The number of benzene rings is 2. The molecule has 0 aliphatic carbocycles. The Morgan fingerprint density at radius 1 is 1.03 bits per heavy atom. The fourth-order valence-electron chi connectivity index (χ4n) is 2.93. The fourth-order valence-corrected chi connectivity index (χ4v) is 2.93. The molecule has 3 aromatic rings. The first-order valence-electron chi connectivity index (χ1n) is 9.20. The molecule has 7 heteroatoms. The maximum absolute atomic E-state index is 13.0. The average Bonchev–Trinajstić information content (AvgIpc) is 2.71. The maximum atomic E-state index is 13.0. The molecule has 0 fully saturated rings. The molecule has 1 aromatic heterocycles. The minimum atomic E-state index is -1.28. The van der Waals surface area contributed by atoms with Crippen molar-refractivity contribution in [3.05, 3.63) is 77.5 Å². The van der Waals surface area contributed by atoms with Gasteiger partial charge >= 0.3 is 12.0 Å². The van der Waals surface area contributed by atoms with E-state index in [1.54, 1.807) is 68.4 Å². The lowest BCUT2D eigenvalue weighted by molar-refractivity contribution is -0.129. The monoisotopic (exact) mass is 391 g/mol. The van der Waals surface area contributed by atoms with Crippen LogP contribution < -0.4 is 10.6 Å². The van der Waals surface area contributed by atoms with Crippen molar-refractivity contribution in [2.45, 2.75) is 20.0 Å². The van der Waals surface area contributed by atoms with Crippen molar-refractivity contribution in [1.82, 2.24) is 15.6 Å². The van der Waals surface area contributed by atoms with Gasteiger partial charge in [-0.05, 0) is 26.0 Å². The molecule has 2 N–H and O–H groups in total. The van der Waals surface area contributed by atoms with Crippen LogP contribution in [-0.2, 0) is 9.53 Å². The number of imide groups is 1. The topological polar surface area (TPSA) is 97.4 Å². The van der Waals surface area contributed by atoms with Gasteiger partial charge in [0.1, 0.15) is 0 Å². The molecule has 0 aliphatic rings. The molecule has 0 radical (unpaired) electrons. The number of carbonyl (C=O) groups is 3. The molecule has 0 saturated carbocycles. The number of aromatic nitrogens is 1. The van der Waals surface area contributed by atoms with E-state index in [9.17, 15) is 14.4 Å². The maximum Gasteiger partial charge on any atom is 0.340 e. The van der Waals surface area contributed by atoms with E-state index in [0.717, 1.165) is 0 Å². The smallest absolute Gasteiger partial charge is 0.340 e. The van der Waals surface area contributed by atoms with E-state index >= 15 is 0 Å². The van der Waals surface area contributed by atoms with Crippen LogP contribution in [-0.4, -0.2) is 29.4 Å². The number of ether oxygens (including phenoxy) is 1. The second-order valence-electron chi connectivity index (χ2n) is 6.37. The molecule has 2 aromatic carbocycles. The van der Waals surface area contributed by atoms with E-state index in [1.165, 1.54) is 0 Å². The number of pyridine rings is 1. The summed E-state index contributed by atoms with van der Waals surface area (Å²) in [4.78, 5) is 41.8. The first kappa shape index (κ1) is 20.0. The Hall–Kier alpha value is -3.74. The van der Waals surface area contributed by atoms with Gasteiger partial charge < -0.3 is 10.1 Å². The van der Waals surface area contributed by atoms with Gasteiger partial charge in [0.05, 0.1) is 11.1 Å². The molecule has 0 saturated heterocycles. The Labute approximate surface area is 168 Å². The van der Waals surface area contributed by atoms with Gasteiger partial charge in [0, 0.05) is 23.2 Å². The van der Waals surface area contributed by atoms with Gasteiger partial charge in [0.15, 0.2) is 0 Å². The summed E-state index contributed by atoms with van der Waals surface area (Å²) >= 11 is 0. The second kappa shape index (κ2) is 8.97. The molecule has 7 nitrogen and oxygen atoms in total. The average molecular weight is 391 g/mol. The number of aryl methyl sites for hydroxylation is 1. The molecule has 148 valence electrons. The highest BCUT2D eigenvalue weighted by Gasteiger charge is 2.27. The van der Waals surface area contributed by atoms with Gasteiger partial charge in [-0.1, -0.05) is 48.5 Å². The van der Waals surface area contributed by atoms with Gasteiger partial charge in [-0.3, -0.25) is 15.1 Å². The van der Waals surface area contributed by atoms with Gasteiger partial charge in [-0.25, -0.2) is 9.59 Å².